The zero-order valence-electron chi connectivity index (χ0n) is 15.2. The van der Waals surface area contributed by atoms with E-state index in [9.17, 15) is 18.8 Å². The molecule has 28 heavy (non-hydrogen) atoms. The molecule has 7 nitrogen and oxygen atoms in total. The van der Waals surface area contributed by atoms with Crippen LogP contribution in [0.1, 0.15) is 18.4 Å². The number of hydrogen-bond acceptors (Lipinski definition) is 4. The van der Waals surface area contributed by atoms with Crippen molar-refractivity contribution in [2.24, 2.45) is 5.10 Å². The highest BCUT2D eigenvalue weighted by Gasteiger charge is 2.26. The molecule has 0 unspecified atom stereocenters. The number of amides is 3. The Hall–Kier alpha value is -3.55. The minimum Gasteiger partial charge on any atom is -0.324 e. The Bertz CT molecular complexity index is 941. The van der Waals surface area contributed by atoms with Crippen molar-refractivity contribution in [1.29, 1.82) is 0 Å². The van der Waals surface area contributed by atoms with Crippen LogP contribution < -0.4 is 10.6 Å². The van der Waals surface area contributed by atoms with Gasteiger partial charge in [0.25, 0.3) is 5.91 Å². The van der Waals surface area contributed by atoms with Crippen LogP contribution in [-0.4, -0.2) is 35.0 Å². The Morgan fingerprint density at radius 1 is 1.07 bits per heavy atom. The van der Waals surface area contributed by atoms with Crippen molar-refractivity contribution in [2.45, 2.75) is 19.8 Å². The highest BCUT2D eigenvalue weighted by molar-refractivity contribution is 6.43. The van der Waals surface area contributed by atoms with Crippen LogP contribution >= 0.6 is 0 Å². The summed E-state index contributed by atoms with van der Waals surface area (Å²) >= 11 is 0. The van der Waals surface area contributed by atoms with Crippen LogP contribution in [0, 0.1) is 12.7 Å². The van der Waals surface area contributed by atoms with E-state index in [1.165, 1.54) is 24.3 Å². The first-order valence-corrected chi connectivity index (χ1v) is 8.72. The van der Waals surface area contributed by atoms with E-state index in [0.717, 1.165) is 10.6 Å². The molecule has 0 fully saturated rings. The van der Waals surface area contributed by atoms with Gasteiger partial charge in [-0.2, -0.15) is 5.10 Å². The van der Waals surface area contributed by atoms with Gasteiger partial charge < -0.3 is 10.6 Å². The highest BCUT2D eigenvalue weighted by Crippen LogP contribution is 2.15. The molecule has 0 saturated heterocycles. The van der Waals surface area contributed by atoms with E-state index in [2.05, 4.69) is 15.7 Å². The Kier molecular flexibility index (Phi) is 5.78. The second-order valence-electron chi connectivity index (χ2n) is 6.32. The lowest BCUT2D eigenvalue weighted by atomic mass is 10.1. The standard InChI is InChI=1S/C20H19FN4O3/c1-13-4-2-3-5-16(13)23-18(26)12-25-19(27)11-10-17(24-25)20(28)22-15-8-6-14(21)7-9-15/h2-9H,10-12H2,1H3,(H,22,28)(H,23,26). The third-order valence-corrected chi connectivity index (χ3v) is 4.18. The zero-order valence-corrected chi connectivity index (χ0v) is 15.2. The molecule has 0 radical (unpaired) electrons. The number of carbonyl (C=O) groups is 3. The zero-order chi connectivity index (χ0) is 20.1. The van der Waals surface area contributed by atoms with Crippen LogP contribution in [0.2, 0.25) is 0 Å². The molecule has 0 aromatic heterocycles. The number of rotatable bonds is 5. The number of para-hydroxylation sites is 1. The molecule has 0 bridgehead atoms. The number of anilines is 2. The average molecular weight is 382 g/mol. The van der Waals surface area contributed by atoms with Gasteiger partial charge in [-0.25, -0.2) is 9.40 Å². The van der Waals surface area contributed by atoms with E-state index in [1.807, 2.05) is 19.1 Å². The first-order chi connectivity index (χ1) is 13.4. The Morgan fingerprint density at radius 3 is 2.50 bits per heavy atom. The lowest BCUT2D eigenvalue weighted by molar-refractivity contribution is -0.135. The minimum absolute atomic E-state index is 0.0767. The lowest BCUT2D eigenvalue weighted by Crippen LogP contribution is -2.40. The predicted octanol–water partition coefficient (Wildman–Crippen LogP) is 2.69. The molecular weight excluding hydrogens is 363 g/mol. The van der Waals surface area contributed by atoms with Gasteiger partial charge in [-0.15, -0.1) is 0 Å². The summed E-state index contributed by atoms with van der Waals surface area (Å²) in [6.07, 6.45) is 0.245. The highest BCUT2D eigenvalue weighted by atomic mass is 19.1. The third-order valence-electron chi connectivity index (χ3n) is 4.18. The number of hydrazone groups is 1. The molecule has 0 spiro atoms. The van der Waals surface area contributed by atoms with Gasteiger partial charge in [0.1, 0.15) is 18.1 Å². The molecule has 8 heteroatoms. The molecule has 0 saturated carbocycles. The molecule has 2 aromatic rings. The van der Waals surface area contributed by atoms with Gasteiger partial charge in [0, 0.05) is 24.2 Å². The number of benzene rings is 2. The van der Waals surface area contributed by atoms with E-state index in [0.29, 0.717) is 11.4 Å². The molecular formula is C20H19FN4O3. The van der Waals surface area contributed by atoms with Gasteiger partial charge in [0.15, 0.2) is 0 Å². The molecule has 2 N–H and O–H groups in total. The summed E-state index contributed by atoms with van der Waals surface area (Å²) in [6.45, 7) is 1.57. The predicted molar refractivity (Wildman–Crippen MR) is 103 cm³/mol. The third kappa shape index (κ3) is 4.79. The Morgan fingerprint density at radius 2 is 1.79 bits per heavy atom. The molecule has 1 aliphatic heterocycles. The van der Waals surface area contributed by atoms with Crippen molar-refractivity contribution in [3.05, 3.63) is 59.9 Å². The number of nitrogens with one attached hydrogen (secondary N) is 2. The van der Waals surface area contributed by atoms with Gasteiger partial charge in [-0.3, -0.25) is 14.4 Å². The molecule has 2 aromatic carbocycles. The van der Waals surface area contributed by atoms with Crippen molar-refractivity contribution < 1.29 is 18.8 Å². The fourth-order valence-corrected chi connectivity index (χ4v) is 2.66. The maximum Gasteiger partial charge on any atom is 0.271 e. The summed E-state index contributed by atoms with van der Waals surface area (Å²) in [4.78, 5) is 36.7. The van der Waals surface area contributed by atoms with Crippen molar-refractivity contribution >= 4 is 34.8 Å². The van der Waals surface area contributed by atoms with E-state index >= 15 is 0 Å². The smallest absolute Gasteiger partial charge is 0.271 e. The summed E-state index contributed by atoms with van der Waals surface area (Å²) in [5.74, 6) is -1.65. The average Bonchev–Trinajstić information content (AvgIpc) is 2.67. The number of carbonyl (C=O) groups excluding carboxylic acids is 3. The van der Waals surface area contributed by atoms with Gasteiger partial charge in [-0.1, -0.05) is 18.2 Å². The normalized spacial score (nSPS) is 13.7. The Labute approximate surface area is 161 Å². The number of halogens is 1. The van der Waals surface area contributed by atoms with Gasteiger partial charge in [0.2, 0.25) is 11.8 Å². The summed E-state index contributed by atoms with van der Waals surface area (Å²) in [5.41, 5.74) is 2.08. The molecule has 3 rings (SSSR count). The topological polar surface area (TPSA) is 90.9 Å². The number of nitrogens with zero attached hydrogens (tertiary/aromatic N) is 2. The van der Waals surface area contributed by atoms with Gasteiger partial charge in [0.05, 0.1) is 0 Å². The summed E-state index contributed by atoms with van der Waals surface area (Å²) in [7, 11) is 0. The molecule has 0 atom stereocenters. The summed E-state index contributed by atoms with van der Waals surface area (Å²) in [6, 6.07) is 12.6. The van der Waals surface area contributed by atoms with E-state index in [-0.39, 0.29) is 31.0 Å². The van der Waals surface area contributed by atoms with Crippen molar-refractivity contribution in [3.8, 4) is 0 Å². The monoisotopic (exact) mass is 382 g/mol. The van der Waals surface area contributed by atoms with E-state index in [4.69, 9.17) is 0 Å². The summed E-state index contributed by atoms with van der Waals surface area (Å²) < 4.78 is 13.0. The molecule has 3 amide bonds. The van der Waals surface area contributed by atoms with Crippen molar-refractivity contribution in [2.75, 3.05) is 17.2 Å². The number of hydrogen-bond donors (Lipinski definition) is 2. The largest absolute Gasteiger partial charge is 0.324 e. The van der Waals surface area contributed by atoms with Crippen LogP contribution in [0.5, 0.6) is 0 Å². The van der Waals surface area contributed by atoms with Crippen LogP contribution in [-0.2, 0) is 14.4 Å². The van der Waals surface area contributed by atoms with E-state index in [1.54, 1.807) is 12.1 Å². The SMILES string of the molecule is Cc1ccccc1NC(=O)CN1N=C(C(=O)Nc2ccc(F)cc2)CCC1=O. The van der Waals surface area contributed by atoms with Crippen LogP contribution in [0.15, 0.2) is 53.6 Å². The lowest BCUT2D eigenvalue weighted by Gasteiger charge is -2.22. The fraction of sp³-hybridized carbons (Fsp3) is 0.200. The maximum atomic E-state index is 13.0. The summed E-state index contributed by atoms with van der Waals surface area (Å²) in [5, 5.41) is 10.4. The van der Waals surface area contributed by atoms with Crippen molar-refractivity contribution in [3.63, 3.8) is 0 Å². The second-order valence-corrected chi connectivity index (χ2v) is 6.32. The maximum absolute atomic E-state index is 13.0. The molecule has 1 aliphatic rings. The molecule has 144 valence electrons. The molecule has 0 aliphatic carbocycles. The van der Waals surface area contributed by atoms with Gasteiger partial charge in [-0.05, 0) is 42.8 Å². The van der Waals surface area contributed by atoms with Crippen LogP contribution in [0.25, 0.3) is 0 Å². The second kappa shape index (κ2) is 8.43. The first kappa shape index (κ1) is 19.2. The quantitative estimate of drug-likeness (QED) is 0.833. The fourth-order valence-electron chi connectivity index (χ4n) is 2.66. The van der Waals surface area contributed by atoms with Gasteiger partial charge >= 0.3 is 0 Å². The molecule has 1 heterocycles. The van der Waals surface area contributed by atoms with Crippen molar-refractivity contribution in [1.82, 2.24) is 5.01 Å². The number of aryl methyl sites for hydroxylation is 1. The van der Waals surface area contributed by atoms with Crippen LogP contribution in [0.4, 0.5) is 15.8 Å². The Balaban J connectivity index is 1.66. The van der Waals surface area contributed by atoms with Crippen LogP contribution in [0.3, 0.4) is 0 Å². The first-order valence-electron chi connectivity index (χ1n) is 8.72. The van der Waals surface area contributed by atoms with E-state index < -0.39 is 17.6 Å². The minimum atomic E-state index is -0.497.